The minimum absolute atomic E-state index is 0.0587. The van der Waals surface area contributed by atoms with Crippen molar-refractivity contribution in [2.24, 2.45) is 0 Å². The van der Waals surface area contributed by atoms with E-state index in [1.165, 1.54) is 10.1 Å². The second-order valence-electron chi connectivity index (χ2n) is 20.5. The van der Waals surface area contributed by atoms with E-state index in [4.69, 9.17) is 34.6 Å². The quantitative estimate of drug-likeness (QED) is 0.181. The van der Waals surface area contributed by atoms with Gasteiger partial charge in [0.2, 0.25) is 0 Å². The van der Waals surface area contributed by atoms with Crippen LogP contribution < -0.4 is 0 Å². The van der Waals surface area contributed by atoms with Gasteiger partial charge in [-0.1, -0.05) is 188 Å². The molecule has 0 aliphatic carbocycles. The zero-order chi connectivity index (χ0) is 62.7. The van der Waals surface area contributed by atoms with Crippen molar-refractivity contribution in [3.05, 3.63) is 167 Å². The van der Waals surface area contributed by atoms with E-state index in [1.807, 2.05) is 87.5 Å². The molecule has 0 fully saturated rings. The molecule has 8 rings (SSSR count). The van der Waals surface area contributed by atoms with Crippen molar-refractivity contribution in [1.29, 1.82) is 0 Å². The van der Waals surface area contributed by atoms with E-state index in [0.717, 1.165) is 45.0 Å². The van der Waals surface area contributed by atoms with E-state index in [9.17, 15) is 5.11 Å². The zero-order valence-electron chi connectivity index (χ0n) is 57.1. The number of aromatic nitrogens is 3. The van der Waals surface area contributed by atoms with Crippen LogP contribution in [-0.4, -0.2) is 19.6 Å². The Bertz CT molecular complexity index is 3690. The number of aromatic hydroxyl groups is 1. The van der Waals surface area contributed by atoms with Gasteiger partial charge in [-0.3, -0.25) is 9.55 Å². The Labute approximate surface area is 420 Å². The molecular weight excluding hydrogens is 803 g/mol. The van der Waals surface area contributed by atoms with Crippen molar-refractivity contribution >= 4 is 11.0 Å². The van der Waals surface area contributed by atoms with Gasteiger partial charge in [-0.15, -0.1) is 0 Å². The molecule has 0 saturated carbocycles. The third kappa shape index (κ3) is 9.12. The molecule has 0 aliphatic heterocycles. The van der Waals surface area contributed by atoms with E-state index in [2.05, 4.69) is 71.9 Å². The Morgan fingerprint density at radius 2 is 1.12 bits per heavy atom. The van der Waals surface area contributed by atoms with Gasteiger partial charge in [-0.2, -0.15) is 0 Å². The highest BCUT2D eigenvalue weighted by atomic mass is 16.3. The van der Waals surface area contributed by atoms with Gasteiger partial charge in [-0.05, 0) is 126 Å². The lowest BCUT2D eigenvalue weighted by atomic mass is 9.78. The largest absolute Gasteiger partial charge is 0.507 e. The van der Waals surface area contributed by atoms with E-state index < -0.39 is 91.0 Å². The molecule has 2 aromatic heterocycles. The van der Waals surface area contributed by atoms with E-state index in [-0.39, 0.29) is 10.9 Å². The van der Waals surface area contributed by atoms with Gasteiger partial charge in [0, 0.05) is 53.2 Å². The van der Waals surface area contributed by atoms with Crippen LogP contribution in [0.5, 0.6) is 5.75 Å². The fourth-order valence-electron chi connectivity index (χ4n) is 8.54. The zero-order valence-corrected chi connectivity index (χ0v) is 39.1. The first kappa shape index (κ1) is 28.7. The third-order valence-corrected chi connectivity index (χ3v) is 12.3. The lowest BCUT2D eigenvalue weighted by molar-refractivity contribution is 0.446. The number of para-hydroxylation sites is 1. The molecule has 0 spiro atoms. The lowest BCUT2D eigenvalue weighted by Crippen LogP contribution is -2.17. The Morgan fingerprint density at radius 3 is 1.77 bits per heavy atom. The molecule has 338 valence electrons. The summed E-state index contributed by atoms with van der Waals surface area (Å²) in [5, 5.41) is 13.0. The van der Waals surface area contributed by atoms with Crippen molar-refractivity contribution in [3.8, 4) is 67.5 Å². The molecule has 0 radical (unpaired) electrons. The topological polar surface area (TPSA) is 50.9 Å². The van der Waals surface area contributed by atoms with Crippen LogP contribution in [0.3, 0.4) is 0 Å². The summed E-state index contributed by atoms with van der Waals surface area (Å²) < 4.78 is 160. The molecule has 0 amide bonds. The molecule has 0 saturated heterocycles. The van der Waals surface area contributed by atoms with Crippen molar-refractivity contribution < 1.29 is 29.8 Å². The molecule has 1 N–H and O–H groups in total. The van der Waals surface area contributed by atoms with Crippen LogP contribution in [0.4, 0.5) is 0 Å². The summed E-state index contributed by atoms with van der Waals surface area (Å²) in [5.74, 6) is -1.74. The maximum atomic E-state index is 13.0. The van der Waals surface area contributed by atoms with Crippen molar-refractivity contribution in [1.82, 2.24) is 14.5 Å². The highest BCUT2D eigenvalue weighted by Gasteiger charge is 2.30. The monoisotopic (exact) mass is 890 g/mol. The van der Waals surface area contributed by atoms with Crippen molar-refractivity contribution in [2.45, 2.75) is 130 Å². The summed E-state index contributed by atoms with van der Waals surface area (Å²) in [4.78, 5) is 10.1. The average Bonchev–Trinajstić information content (AvgIpc) is 0.806. The smallest absolute Gasteiger partial charge is 0.149 e. The first-order valence-corrected chi connectivity index (χ1v) is 22.1. The molecule has 8 aromatic rings. The van der Waals surface area contributed by atoms with Crippen molar-refractivity contribution in [2.75, 3.05) is 0 Å². The lowest BCUT2D eigenvalue weighted by Gasteiger charge is -2.28. The van der Waals surface area contributed by atoms with Gasteiger partial charge in [0.25, 0.3) is 0 Å². The predicted molar refractivity (Wildman–Crippen MR) is 281 cm³/mol. The second kappa shape index (κ2) is 16.6. The van der Waals surface area contributed by atoms with Gasteiger partial charge in [0.1, 0.15) is 11.6 Å². The molecule has 0 aliphatic rings. The molecule has 4 nitrogen and oxygen atoms in total. The van der Waals surface area contributed by atoms with Gasteiger partial charge in [0.05, 0.1) is 22.3 Å². The number of phenolic OH excluding ortho intramolecular Hbond substituents is 1. The summed E-state index contributed by atoms with van der Waals surface area (Å²) in [7, 11) is 0. The van der Waals surface area contributed by atoms with E-state index in [0.29, 0.717) is 34.1 Å². The highest BCUT2D eigenvalue weighted by Crippen LogP contribution is 2.46. The number of pyridine rings is 1. The Kier molecular flexibility index (Phi) is 7.20. The van der Waals surface area contributed by atoms with Gasteiger partial charge in [-0.25, -0.2) is 4.98 Å². The fourth-order valence-corrected chi connectivity index (χ4v) is 8.54. The number of phenols is 1. The fraction of sp³-hybridized carbons (Fsp3) is 0.323. The highest BCUT2D eigenvalue weighted by molar-refractivity contribution is 5.97. The molecule has 0 unspecified atom stereocenters. The Hall–Kier alpha value is -6.26. The maximum absolute atomic E-state index is 13.0. The summed E-state index contributed by atoms with van der Waals surface area (Å²) >= 11 is 0. The van der Waals surface area contributed by atoms with Crippen molar-refractivity contribution in [3.63, 3.8) is 0 Å². The van der Waals surface area contributed by atoms with Crippen LogP contribution in [0.1, 0.15) is 156 Å². The summed E-state index contributed by atoms with van der Waals surface area (Å²) in [5.41, 5.74) is -2.96. The van der Waals surface area contributed by atoms with Crippen LogP contribution in [-0.2, 0) is 27.1 Å². The predicted octanol–water partition coefficient (Wildman–Crippen LogP) is 16.9. The maximum Gasteiger partial charge on any atom is 0.149 e. The number of imidazole rings is 1. The van der Waals surface area contributed by atoms with Crippen LogP contribution in [0, 0.1) is 0 Å². The van der Waals surface area contributed by atoms with E-state index >= 15 is 0 Å². The van der Waals surface area contributed by atoms with Gasteiger partial charge < -0.3 is 5.11 Å². The molecule has 66 heavy (non-hydrogen) atoms. The summed E-state index contributed by atoms with van der Waals surface area (Å²) in [6, 6.07) is 39.5. The van der Waals surface area contributed by atoms with Gasteiger partial charge in [0.15, 0.2) is 0 Å². The summed E-state index contributed by atoms with van der Waals surface area (Å²) in [6.07, 6.45) is 1.74. The van der Waals surface area contributed by atoms with Crippen LogP contribution in [0.25, 0.3) is 72.7 Å². The minimum Gasteiger partial charge on any atom is -0.507 e. The molecule has 6 aromatic carbocycles. The number of rotatable bonds is 6. The molecular formula is C62H69N3O. The minimum atomic E-state index is -4.13. The van der Waals surface area contributed by atoms with Crippen LogP contribution >= 0.6 is 0 Å². The molecule has 0 bridgehead atoms. The molecule has 0 atom stereocenters. The number of nitrogens with zero attached hydrogens (tertiary/aromatic N) is 3. The first-order chi connectivity index (χ1) is 38.3. The average molecular weight is 890 g/mol. The number of fused-ring (bicyclic) bond motifs is 1. The summed E-state index contributed by atoms with van der Waals surface area (Å²) in [6.45, 7) is -5.89. The first-order valence-electron chi connectivity index (χ1n) is 31.1. The van der Waals surface area contributed by atoms with Crippen LogP contribution in [0.15, 0.2) is 140 Å². The third-order valence-electron chi connectivity index (χ3n) is 12.3. The number of benzene rings is 6. The Balaban J connectivity index is 1.57. The Morgan fingerprint density at radius 1 is 0.455 bits per heavy atom. The molecule has 4 heteroatoms. The standard InChI is InChI=1S/C62H69N3O/c1-58(2,3)44-26-24-39(25-27-44)41-30-31-63-53(35-41)43-32-42(33-45(34-43)59(4,5)6)49-22-19-23-54-55(49)64-57(50-36-46(60(7,8)9)37-52(56(50)66)62(13,14)15)65(54)47-28-29-48(40-20-17-16-18-21-40)51(38-47)61(10,11)12/h16-38,66H,1-15H3/i7D3,8D3,9D3,13D3,14D3,15D3. The normalized spacial score (nSPS) is 18.0. The SMILES string of the molecule is [2H]C([2H])([2H])C(c1cc(-c2nc3c(-c4cc(-c5cc(-c6ccc(C(C)(C)C)cc6)ccn5)cc(C(C)(C)C)c4)cccc3n2-c2ccc(-c3ccccc3)c(C(C)(C)C)c2)c(O)c(C(C([2H])([2H])[2H])(C([2H])([2H])[2H])C([2H])([2H])[2H])c1)(C([2H])([2H])[2H])C([2H])([2H])[2H]. The number of hydrogen-bond donors (Lipinski definition) is 1. The van der Waals surface area contributed by atoms with E-state index in [1.54, 1.807) is 30.5 Å². The second-order valence-corrected chi connectivity index (χ2v) is 20.5. The van der Waals surface area contributed by atoms with Crippen LogP contribution in [0.2, 0.25) is 0 Å². The number of hydrogen-bond acceptors (Lipinski definition) is 3. The molecule has 2 heterocycles. The van der Waals surface area contributed by atoms with Gasteiger partial charge >= 0.3 is 0 Å².